The molecule has 1 N–H and O–H groups in total. The molecule has 1 nitrogen and oxygen atoms in total. The fraction of sp³-hybridized carbons (Fsp3) is 0.625. The van der Waals surface area contributed by atoms with Crippen LogP contribution in [0, 0.1) is 6.92 Å². The van der Waals surface area contributed by atoms with Crippen molar-refractivity contribution < 1.29 is 0 Å². The molecule has 0 heterocycles. The van der Waals surface area contributed by atoms with Crippen molar-refractivity contribution in [1.29, 1.82) is 0 Å². The van der Waals surface area contributed by atoms with Crippen LogP contribution in [0.5, 0.6) is 0 Å². The Labute approximate surface area is 107 Å². The highest BCUT2D eigenvalue weighted by molar-refractivity contribution is 5.24. The van der Waals surface area contributed by atoms with Crippen molar-refractivity contribution in [3.8, 4) is 0 Å². The Morgan fingerprint density at radius 1 is 1.18 bits per heavy atom. The average Bonchev–Trinajstić information content (AvgIpc) is 2.29. The molecule has 0 bridgehead atoms. The van der Waals surface area contributed by atoms with Gasteiger partial charge in [-0.1, -0.05) is 56.0 Å². The summed E-state index contributed by atoms with van der Waals surface area (Å²) >= 11 is 0. The summed E-state index contributed by atoms with van der Waals surface area (Å²) in [4.78, 5) is 0. The molecule has 0 radical (unpaired) electrons. The third-order valence-electron chi connectivity index (χ3n) is 3.32. The van der Waals surface area contributed by atoms with Gasteiger partial charge < -0.3 is 5.32 Å². The number of rotatable bonds is 7. The molecule has 0 aromatic heterocycles. The smallest absolute Gasteiger partial charge is 0.0294 e. The first kappa shape index (κ1) is 14.2. The Morgan fingerprint density at radius 2 is 1.94 bits per heavy atom. The van der Waals surface area contributed by atoms with Gasteiger partial charge in [-0.2, -0.15) is 0 Å². The summed E-state index contributed by atoms with van der Waals surface area (Å²) in [6, 6.07) is 9.84. The van der Waals surface area contributed by atoms with Crippen LogP contribution >= 0.6 is 0 Å². The van der Waals surface area contributed by atoms with Crippen LogP contribution in [0.15, 0.2) is 24.3 Å². The topological polar surface area (TPSA) is 12.0 Å². The maximum absolute atomic E-state index is 3.68. The maximum atomic E-state index is 3.68. The summed E-state index contributed by atoms with van der Waals surface area (Å²) in [5.74, 6) is 0. The lowest BCUT2D eigenvalue weighted by Gasteiger charge is -2.20. The van der Waals surface area contributed by atoms with E-state index in [9.17, 15) is 0 Å². The number of unbranched alkanes of at least 4 members (excludes halogenated alkanes) is 2. The Morgan fingerprint density at radius 3 is 2.59 bits per heavy atom. The number of nitrogens with one attached hydrogen (secondary N) is 1. The summed E-state index contributed by atoms with van der Waals surface area (Å²) in [6.07, 6.45) is 5.28. The Bertz CT molecular complexity index is 319. The fourth-order valence-electron chi connectivity index (χ4n) is 2.25. The zero-order chi connectivity index (χ0) is 12.7. The molecular weight excluding hydrogens is 206 g/mol. The van der Waals surface area contributed by atoms with Crippen molar-refractivity contribution in [3.05, 3.63) is 35.4 Å². The normalized spacial score (nSPS) is 14.6. The quantitative estimate of drug-likeness (QED) is 0.678. The molecule has 1 heteroatoms. The molecule has 2 atom stereocenters. The van der Waals surface area contributed by atoms with E-state index in [1.165, 1.54) is 36.8 Å². The van der Waals surface area contributed by atoms with Gasteiger partial charge in [0.2, 0.25) is 0 Å². The Hall–Kier alpha value is -0.820. The van der Waals surface area contributed by atoms with Gasteiger partial charge in [0.15, 0.2) is 0 Å². The zero-order valence-corrected chi connectivity index (χ0v) is 11.8. The predicted octanol–water partition coefficient (Wildman–Crippen LogP) is 4.61. The van der Waals surface area contributed by atoms with Gasteiger partial charge in [-0.05, 0) is 32.8 Å². The van der Waals surface area contributed by atoms with Gasteiger partial charge in [-0.3, -0.25) is 0 Å². The number of hydrogen-bond acceptors (Lipinski definition) is 1. The van der Waals surface area contributed by atoms with E-state index in [2.05, 4.69) is 57.3 Å². The molecule has 0 fully saturated rings. The van der Waals surface area contributed by atoms with E-state index in [0.29, 0.717) is 12.1 Å². The molecule has 17 heavy (non-hydrogen) atoms. The third kappa shape index (κ3) is 5.36. The minimum Gasteiger partial charge on any atom is -0.308 e. The lowest BCUT2D eigenvalue weighted by atomic mass is 10.0. The molecule has 0 saturated carbocycles. The molecule has 1 aromatic carbocycles. The van der Waals surface area contributed by atoms with E-state index in [4.69, 9.17) is 0 Å². The van der Waals surface area contributed by atoms with Crippen LogP contribution < -0.4 is 5.32 Å². The second-order valence-corrected chi connectivity index (χ2v) is 5.20. The molecule has 1 rings (SSSR count). The standard InChI is InChI=1S/C16H27N/c1-5-6-7-10-14(3)17-15(4)16-11-8-9-13(2)12-16/h8-9,11-12,14-15,17H,5-7,10H2,1-4H3/t14?,15-/m0/s1. The molecule has 0 aliphatic rings. The molecular formula is C16H27N. The second kappa shape index (κ2) is 7.50. The SMILES string of the molecule is CCCCCC(C)N[C@@H](C)c1cccc(C)c1. The average molecular weight is 233 g/mol. The third-order valence-corrected chi connectivity index (χ3v) is 3.32. The van der Waals surface area contributed by atoms with E-state index in [-0.39, 0.29) is 0 Å². The molecule has 0 spiro atoms. The molecule has 0 aliphatic carbocycles. The minimum atomic E-state index is 0.450. The van der Waals surface area contributed by atoms with Crippen LogP contribution in [0.1, 0.15) is 63.6 Å². The van der Waals surface area contributed by atoms with Crippen LogP contribution in [0.4, 0.5) is 0 Å². The summed E-state index contributed by atoms with van der Waals surface area (Å²) in [7, 11) is 0. The largest absolute Gasteiger partial charge is 0.308 e. The molecule has 0 aliphatic heterocycles. The highest BCUT2D eigenvalue weighted by Gasteiger charge is 2.08. The lowest BCUT2D eigenvalue weighted by Crippen LogP contribution is -2.28. The molecule has 96 valence electrons. The van der Waals surface area contributed by atoms with E-state index in [0.717, 1.165) is 0 Å². The van der Waals surface area contributed by atoms with Gasteiger partial charge in [-0.25, -0.2) is 0 Å². The van der Waals surface area contributed by atoms with Gasteiger partial charge in [0.1, 0.15) is 0 Å². The first-order valence-corrected chi connectivity index (χ1v) is 6.96. The minimum absolute atomic E-state index is 0.450. The first-order valence-electron chi connectivity index (χ1n) is 6.96. The highest BCUT2D eigenvalue weighted by atomic mass is 14.9. The van der Waals surface area contributed by atoms with Gasteiger partial charge in [0.25, 0.3) is 0 Å². The van der Waals surface area contributed by atoms with Crippen molar-refractivity contribution in [2.24, 2.45) is 0 Å². The van der Waals surface area contributed by atoms with Gasteiger partial charge in [0.05, 0.1) is 0 Å². The number of benzene rings is 1. The van der Waals surface area contributed by atoms with E-state index in [1.54, 1.807) is 0 Å². The van der Waals surface area contributed by atoms with Crippen molar-refractivity contribution in [3.63, 3.8) is 0 Å². The molecule has 1 aromatic rings. The van der Waals surface area contributed by atoms with Crippen LogP contribution in [0.3, 0.4) is 0 Å². The van der Waals surface area contributed by atoms with Gasteiger partial charge >= 0.3 is 0 Å². The number of aryl methyl sites for hydroxylation is 1. The molecule has 1 unspecified atom stereocenters. The van der Waals surface area contributed by atoms with E-state index in [1.807, 2.05) is 0 Å². The summed E-state index contributed by atoms with van der Waals surface area (Å²) in [5, 5.41) is 3.68. The van der Waals surface area contributed by atoms with Crippen molar-refractivity contribution in [1.82, 2.24) is 5.32 Å². The lowest BCUT2D eigenvalue weighted by molar-refractivity contribution is 0.440. The van der Waals surface area contributed by atoms with E-state index < -0.39 is 0 Å². The van der Waals surface area contributed by atoms with Crippen LogP contribution in [-0.4, -0.2) is 6.04 Å². The first-order chi connectivity index (χ1) is 8.13. The summed E-state index contributed by atoms with van der Waals surface area (Å²) < 4.78 is 0. The van der Waals surface area contributed by atoms with Crippen molar-refractivity contribution in [2.45, 2.75) is 65.5 Å². The van der Waals surface area contributed by atoms with E-state index >= 15 is 0 Å². The monoisotopic (exact) mass is 233 g/mol. The summed E-state index contributed by atoms with van der Waals surface area (Å²) in [5.41, 5.74) is 2.74. The van der Waals surface area contributed by atoms with Crippen LogP contribution in [0.25, 0.3) is 0 Å². The van der Waals surface area contributed by atoms with Crippen molar-refractivity contribution in [2.75, 3.05) is 0 Å². The van der Waals surface area contributed by atoms with Gasteiger partial charge in [0, 0.05) is 12.1 Å². The van der Waals surface area contributed by atoms with Crippen LogP contribution in [0.2, 0.25) is 0 Å². The molecule has 0 amide bonds. The number of hydrogen-bond donors (Lipinski definition) is 1. The van der Waals surface area contributed by atoms with Gasteiger partial charge in [-0.15, -0.1) is 0 Å². The molecule has 0 saturated heterocycles. The Kier molecular flexibility index (Phi) is 6.28. The zero-order valence-electron chi connectivity index (χ0n) is 11.8. The second-order valence-electron chi connectivity index (χ2n) is 5.20. The fourth-order valence-corrected chi connectivity index (χ4v) is 2.25. The summed E-state index contributed by atoms with van der Waals surface area (Å²) in [6.45, 7) is 8.96. The Balaban J connectivity index is 2.40. The predicted molar refractivity (Wildman–Crippen MR) is 76.3 cm³/mol. The van der Waals surface area contributed by atoms with Crippen LogP contribution in [-0.2, 0) is 0 Å². The maximum Gasteiger partial charge on any atom is 0.0294 e. The highest BCUT2D eigenvalue weighted by Crippen LogP contribution is 2.15. The van der Waals surface area contributed by atoms with Crippen molar-refractivity contribution >= 4 is 0 Å².